The topological polar surface area (TPSA) is 45.2 Å². The summed E-state index contributed by atoms with van der Waals surface area (Å²) in [7, 11) is 0. The lowest BCUT2D eigenvalue weighted by Crippen LogP contribution is -2.40. The van der Waals surface area contributed by atoms with Crippen molar-refractivity contribution in [1.82, 2.24) is 15.2 Å². The number of para-hydroxylation sites is 1. The van der Waals surface area contributed by atoms with Crippen LogP contribution in [0.15, 0.2) is 24.3 Å². The summed E-state index contributed by atoms with van der Waals surface area (Å²) in [4.78, 5) is 20.0. The average molecular weight is 356 g/mol. The first kappa shape index (κ1) is 15.8. The summed E-state index contributed by atoms with van der Waals surface area (Å²) in [5.74, 6) is 0.927. The lowest BCUT2D eigenvalue weighted by atomic mass is 9.89. The average Bonchev–Trinajstić information content (AvgIpc) is 3.32. The van der Waals surface area contributed by atoms with E-state index in [0.29, 0.717) is 23.9 Å². The van der Waals surface area contributed by atoms with E-state index >= 15 is 0 Å². The van der Waals surface area contributed by atoms with Gasteiger partial charge in [-0.15, -0.1) is 11.3 Å². The van der Waals surface area contributed by atoms with Crippen LogP contribution in [0.4, 0.5) is 0 Å². The van der Waals surface area contributed by atoms with Crippen LogP contribution in [0.2, 0.25) is 0 Å². The highest BCUT2D eigenvalue weighted by atomic mass is 32.1. The van der Waals surface area contributed by atoms with Gasteiger partial charge in [-0.05, 0) is 56.6 Å². The fraction of sp³-hybridized carbons (Fsp3) is 0.600. The van der Waals surface area contributed by atoms with Crippen molar-refractivity contribution in [2.45, 2.75) is 63.1 Å². The third kappa shape index (κ3) is 2.97. The van der Waals surface area contributed by atoms with E-state index in [9.17, 15) is 4.79 Å². The van der Waals surface area contributed by atoms with Crippen molar-refractivity contribution in [3.63, 3.8) is 0 Å². The molecule has 2 aromatic rings. The number of piperidine rings is 1. The third-order valence-corrected chi connectivity index (χ3v) is 7.34. The summed E-state index contributed by atoms with van der Waals surface area (Å²) < 4.78 is 1.23. The highest BCUT2D eigenvalue weighted by Gasteiger charge is 2.37. The first-order chi connectivity index (χ1) is 12.3. The second-order valence-electron chi connectivity index (χ2n) is 7.94. The lowest BCUT2D eigenvalue weighted by Gasteiger charge is -2.31. The number of carbonyl (C=O) groups is 1. The molecule has 0 saturated carbocycles. The van der Waals surface area contributed by atoms with E-state index in [1.54, 1.807) is 11.3 Å². The van der Waals surface area contributed by atoms with E-state index in [0.717, 1.165) is 36.3 Å². The second-order valence-corrected chi connectivity index (χ2v) is 9.01. The van der Waals surface area contributed by atoms with E-state index in [1.807, 2.05) is 6.07 Å². The number of carbonyl (C=O) groups excluding carboxylic acids is 1. The lowest BCUT2D eigenvalue weighted by molar-refractivity contribution is -0.133. The molecular weight excluding hydrogens is 330 g/mol. The summed E-state index contributed by atoms with van der Waals surface area (Å²) >= 11 is 1.76. The van der Waals surface area contributed by atoms with Crippen LogP contribution in [0.25, 0.3) is 10.2 Å². The molecule has 1 amide bonds. The number of nitrogens with zero attached hydrogens (tertiary/aromatic N) is 2. The monoisotopic (exact) mass is 355 g/mol. The molecule has 132 valence electrons. The van der Waals surface area contributed by atoms with E-state index in [4.69, 9.17) is 4.98 Å². The van der Waals surface area contributed by atoms with E-state index < -0.39 is 0 Å². The van der Waals surface area contributed by atoms with Crippen molar-refractivity contribution < 1.29 is 4.79 Å². The van der Waals surface area contributed by atoms with Crippen LogP contribution in [0.1, 0.15) is 56.0 Å². The minimum absolute atomic E-state index is 0.198. The third-order valence-electron chi connectivity index (χ3n) is 6.20. The Balaban J connectivity index is 1.31. The molecule has 5 rings (SSSR count). The minimum Gasteiger partial charge on any atom is -0.333 e. The summed E-state index contributed by atoms with van der Waals surface area (Å²) in [6, 6.07) is 9.82. The number of likely N-dealkylation sites (tertiary alicyclic amines) is 1. The van der Waals surface area contributed by atoms with Gasteiger partial charge in [0.2, 0.25) is 5.91 Å². The Hall–Kier alpha value is -1.46. The van der Waals surface area contributed by atoms with Crippen molar-refractivity contribution in [3.8, 4) is 0 Å². The Morgan fingerprint density at radius 2 is 2.00 bits per heavy atom. The maximum absolute atomic E-state index is 13.0. The predicted octanol–water partition coefficient (Wildman–Crippen LogP) is 3.88. The molecule has 2 bridgehead atoms. The molecular formula is C20H25N3OS. The summed E-state index contributed by atoms with van der Waals surface area (Å²) in [5, 5.41) is 4.80. The molecule has 25 heavy (non-hydrogen) atoms. The zero-order valence-corrected chi connectivity index (χ0v) is 15.3. The van der Waals surface area contributed by atoms with Gasteiger partial charge in [-0.25, -0.2) is 4.98 Å². The number of fused-ring (bicyclic) bond motifs is 3. The van der Waals surface area contributed by atoms with Crippen LogP contribution in [0.3, 0.4) is 0 Å². The standard InChI is InChI=1S/C20H25N3OS/c24-19(12-13-10-14-7-8-15(11-13)21-14)23-9-3-5-17(23)20-22-16-4-1-2-6-18(16)25-20/h1-2,4,6,13-15,17,21H,3,5,7-12H2. The van der Waals surface area contributed by atoms with E-state index in [1.165, 1.54) is 30.4 Å². The Bertz CT molecular complexity index is 743. The van der Waals surface area contributed by atoms with Crippen LogP contribution in [0, 0.1) is 5.92 Å². The van der Waals surface area contributed by atoms with E-state index in [2.05, 4.69) is 28.4 Å². The zero-order chi connectivity index (χ0) is 16.8. The number of amides is 1. The second kappa shape index (κ2) is 6.36. The smallest absolute Gasteiger partial charge is 0.223 e. The molecule has 4 nitrogen and oxygen atoms in total. The normalized spacial score (nSPS) is 31.8. The van der Waals surface area contributed by atoms with Gasteiger partial charge in [0.05, 0.1) is 16.3 Å². The molecule has 3 aliphatic heterocycles. The number of hydrogen-bond donors (Lipinski definition) is 1. The van der Waals surface area contributed by atoms with Crippen LogP contribution >= 0.6 is 11.3 Å². The molecule has 3 unspecified atom stereocenters. The zero-order valence-electron chi connectivity index (χ0n) is 14.5. The van der Waals surface area contributed by atoms with Crippen LogP contribution in [0.5, 0.6) is 0 Å². The Kier molecular flexibility index (Phi) is 4.01. The molecule has 3 atom stereocenters. The highest BCUT2D eigenvalue weighted by Crippen LogP contribution is 2.38. The van der Waals surface area contributed by atoms with Crippen molar-refractivity contribution in [1.29, 1.82) is 0 Å². The van der Waals surface area contributed by atoms with Gasteiger partial charge in [0.25, 0.3) is 0 Å². The Morgan fingerprint density at radius 3 is 2.80 bits per heavy atom. The molecule has 1 aromatic heterocycles. The molecule has 0 spiro atoms. The maximum atomic E-state index is 13.0. The number of benzene rings is 1. The van der Waals surface area contributed by atoms with Gasteiger partial charge in [-0.1, -0.05) is 12.1 Å². The van der Waals surface area contributed by atoms with Gasteiger partial charge in [-0.2, -0.15) is 0 Å². The van der Waals surface area contributed by atoms with Crippen molar-refractivity contribution in [2.75, 3.05) is 6.54 Å². The number of nitrogens with one attached hydrogen (secondary N) is 1. The van der Waals surface area contributed by atoms with Gasteiger partial charge in [0, 0.05) is 25.0 Å². The van der Waals surface area contributed by atoms with Gasteiger partial charge < -0.3 is 10.2 Å². The van der Waals surface area contributed by atoms with Crippen LogP contribution in [-0.4, -0.2) is 34.4 Å². The number of rotatable bonds is 3. The summed E-state index contributed by atoms with van der Waals surface area (Å²) in [6.07, 6.45) is 7.85. The highest BCUT2D eigenvalue weighted by molar-refractivity contribution is 7.18. The number of aromatic nitrogens is 1. The number of thiazole rings is 1. The molecule has 3 aliphatic rings. The van der Waals surface area contributed by atoms with Crippen molar-refractivity contribution in [2.24, 2.45) is 5.92 Å². The summed E-state index contributed by atoms with van der Waals surface area (Å²) in [6.45, 7) is 0.900. The fourth-order valence-corrected chi connectivity index (χ4v) is 6.18. The van der Waals surface area contributed by atoms with Crippen molar-refractivity contribution in [3.05, 3.63) is 29.3 Å². The van der Waals surface area contributed by atoms with Crippen LogP contribution < -0.4 is 5.32 Å². The Labute approximate surface area is 152 Å². The number of hydrogen-bond acceptors (Lipinski definition) is 4. The van der Waals surface area contributed by atoms with Gasteiger partial charge in [0.15, 0.2) is 0 Å². The first-order valence-corrected chi connectivity index (χ1v) is 10.5. The largest absolute Gasteiger partial charge is 0.333 e. The van der Waals surface area contributed by atoms with Gasteiger partial charge >= 0.3 is 0 Å². The van der Waals surface area contributed by atoms with Crippen LogP contribution in [-0.2, 0) is 4.79 Å². The molecule has 3 fully saturated rings. The molecule has 0 radical (unpaired) electrons. The van der Waals surface area contributed by atoms with E-state index in [-0.39, 0.29) is 6.04 Å². The minimum atomic E-state index is 0.198. The maximum Gasteiger partial charge on any atom is 0.223 e. The SMILES string of the molecule is O=C(CC1CC2CCC(C1)N2)N1CCCC1c1nc2ccccc2s1. The Morgan fingerprint density at radius 1 is 1.20 bits per heavy atom. The van der Waals surface area contributed by atoms with Gasteiger partial charge in [0.1, 0.15) is 5.01 Å². The molecule has 1 N–H and O–H groups in total. The predicted molar refractivity (Wildman–Crippen MR) is 101 cm³/mol. The quantitative estimate of drug-likeness (QED) is 0.909. The molecule has 1 aromatic carbocycles. The molecule has 3 saturated heterocycles. The summed E-state index contributed by atoms with van der Waals surface area (Å²) in [5.41, 5.74) is 1.07. The fourth-order valence-electron chi connectivity index (χ4n) is 5.06. The molecule has 4 heterocycles. The molecule has 0 aliphatic carbocycles. The first-order valence-electron chi connectivity index (χ1n) is 9.67. The van der Waals surface area contributed by atoms with Gasteiger partial charge in [-0.3, -0.25) is 4.79 Å². The molecule has 5 heteroatoms. The van der Waals surface area contributed by atoms with Crippen molar-refractivity contribution >= 4 is 27.5 Å².